The van der Waals surface area contributed by atoms with E-state index >= 15 is 0 Å². The third kappa shape index (κ3) is 2.72. The van der Waals surface area contributed by atoms with Crippen molar-refractivity contribution in [3.63, 3.8) is 0 Å². The Morgan fingerprint density at radius 3 is 2.59 bits per heavy atom. The summed E-state index contributed by atoms with van der Waals surface area (Å²) in [6, 6.07) is 8.48. The van der Waals surface area contributed by atoms with Crippen molar-refractivity contribution in [2.24, 2.45) is 0 Å². The predicted molar refractivity (Wildman–Crippen MR) is 90.1 cm³/mol. The molecule has 1 unspecified atom stereocenters. The van der Waals surface area contributed by atoms with Gasteiger partial charge in [-0.15, -0.1) is 0 Å². The molecule has 1 aromatic carbocycles. The van der Waals surface area contributed by atoms with Crippen molar-refractivity contribution in [3.05, 3.63) is 56.9 Å². The minimum absolute atomic E-state index is 0.0103. The van der Waals surface area contributed by atoms with Gasteiger partial charge in [-0.05, 0) is 72.3 Å². The van der Waals surface area contributed by atoms with Crippen LogP contribution in [0.3, 0.4) is 0 Å². The highest BCUT2D eigenvalue weighted by atomic mass is 79.9. The van der Waals surface area contributed by atoms with E-state index in [2.05, 4.69) is 48.0 Å². The van der Waals surface area contributed by atoms with Gasteiger partial charge >= 0.3 is 0 Å². The molecule has 1 aromatic heterocycles. The first-order chi connectivity index (χ1) is 10.5. The van der Waals surface area contributed by atoms with E-state index in [-0.39, 0.29) is 11.9 Å². The predicted octanol–water partition coefficient (Wildman–Crippen LogP) is 4.94. The zero-order valence-corrected chi connectivity index (χ0v) is 14.7. The summed E-state index contributed by atoms with van der Waals surface area (Å²) < 4.78 is 6.15. The number of carbonyl (C=O) groups is 1. The van der Waals surface area contributed by atoms with Gasteiger partial charge in [-0.3, -0.25) is 4.79 Å². The molecule has 0 bridgehead atoms. The van der Waals surface area contributed by atoms with Gasteiger partial charge in [0.05, 0.1) is 6.04 Å². The lowest BCUT2D eigenvalue weighted by atomic mass is 9.99. The lowest BCUT2D eigenvalue weighted by molar-refractivity contribution is 0.0701. The normalized spacial score (nSPS) is 18.0. The lowest BCUT2D eigenvalue weighted by Crippen LogP contribution is -2.30. The fourth-order valence-electron chi connectivity index (χ4n) is 3.11. The number of benzene rings is 1. The Bertz CT molecular complexity index is 720. The molecule has 0 aliphatic carbocycles. The van der Waals surface area contributed by atoms with E-state index in [1.165, 1.54) is 16.7 Å². The molecule has 116 valence electrons. The second-order valence-corrected chi connectivity index (χ2v) is 6.84. The molecule has 1 saturated heterocycles. The van der Waals surface area contributed by atoms with Crippen LogP contribution in [0.15, 0.2) is 33.4 Å². The van der Waals surface area contributed by atoms with Crippen molar-refractivity contribution in [1.82, 2.24) is 4.90 Å². The van der Waals surface area contributed by atoms with Gasteiger partial charge in [-0.1, -0.05) is 18.2 Å². The summed E-state index contributed by atoms with van der Waals surface area (Å²) in [5, 5.41) is 0. The first kappa shape index (κ1) is 15.3. The number of nitrogens with zero attached hydrogens (tertiary/aromatic N) is 1. The molecule has 2 aromatic rings. The number of hydrogen-bond acceptors (Lipinski definition) is 2. The molecule has 1 amide bonds. The first-order valence-corrected chi connectivity index (χ1v) is 8.40. The Balaban J connectivity index is 1.91. The molecule has 2 heterocycles. The number of amides is 1. The van der Waals surface area contributed by atoms with Gasteiger partial charge in [0.2, 0.25) is 0 Å². The molecule has 0 N–H and O–H groups in total. The number of rotatable bonds is 2. The Kier molecular flexibility index (Phi) is 4.13. The zero-order chi connectivity index (χ0) is 15.9. The highest BCUT2D eigenvalue weighted by Crippen LogP contribution is 2.35. The van der Waals surface area contributed by atoms with Crippen molar-refractivity contribution < 1.29 is 9.21 Å². The molecule has 22 heavy (non-hydrogen) atoms. The maximum absolute atomic E-state index is 12.8. The topological polar surface area (TPSA) is 33.5 Å². The van der Waals surface area contributed by atoms with Crippen molar-refractivity contribution in [2.75, 3.05) is 6.54 Å². The van der Waals surface area contributed by atoms with Crippen LogP contribution < -0.4 is 0 Å². The average molecular weight is 362 g/mol. The van der Waals surface area contributed by atoms with E-state index in [1.807, 2.05) is 17.9 Å². The van der Waals surface area contributed by atoms with Crippen LogP contribution in [0.25, 0.3) is 0 Å². The Labute approximate surface area is 139 Å². The summed E-state index contributed by atoms with van der Waals surface area (Å²) in [5.41, 5.74) is 4.65. The molecular weight excluding hydrogens is 342 g/mol. The molecular formula is C18H20BrNO2. The summed E-state index contributed by atoms with van der Waals surface area (Å²) in [6.45, 7) is 6.92. The van der Waals surface area contributed by atoms with Crippen LogP contribution >= 0.6 is 15.9 Å². The van der Waals surface area contributed by atoms with Gasteiger partial charge in [0.15, 0.2) is 10.4 Å². The van der Waals surface area contributed by atoms with Gasteiger partial charge in [0, 0.05) is 12.1 Å². The van der Waals surface area contributed by atoms with Crippen LogP contribution in [0.1, 0.15) is 51.7 Å². The number of halogens is 1. The van der Waals surface area contributed by atoms with Crippen LogP contribution in [0.4, 0.5) is 0 Å². The van der Waals surface area contributed by atoms with Crippen molar-refractivity contribution in [3.8, 4) is 0 Å². The number of hydrogen-bond donors (Lipinski definition) is 0. The second kappa shape index (κ2) is 5.92. The van der Waals surface area contributed by atoms with E-state index in [1.54, 1.807) is 0 Å². The fourth-order valence-corrected chi connectivity index (χ4v) is 3.62. The molecule has 1 fully saturated rings. The van der Waals surface area contributed by atoms with Crippen molar-refractivity contribution in [2.45, 2.75) is 39.7 Å². The van der Waals surface area contributed by atoms with E-state index in [4.69, 9.17) is 4.42 Å². The van der Waals surface area contributed by atoms with Crippen molar-refractivity contribution in [1.29, 1.82) is 0 Å². The van der Waals surface area contributed by atoms with Crippen molar-refractivity contribution >= 4 is 21.8 Å². The van der Waals surface area contributed by atoms with Crippen LogP contribution in [-0.4, -0.2) is 17.4 Å². The number of carbonyl (C=O) groups excluding carboxylic acids is 1. The van der Waals surface area contributed by atoms with Gasteiger partial charge in [0.25, 0.3) is 5.91 Å². The van der Waals surface area contributed by atoms with E-state index in [9.17, 15) is 4.79 Å². The average Bonchev–Trinajstić information content (AvgIpc) is 3.07. The SMILES string of the molecule is Cc1ccc(C2CCCN2C(=O)c2oc(Br)cc2C)cc1C. The molecule has 3 nitrogen and oxygen atoms in total. The smallest absolute Gasteiger partial charge is 0.290 e. The van der Waals surface area contributed by atoms with E-state index in [0.717, 1.165) is 24.9 Å². The molecule has 1 aliphatic rings. The quantitative estimate of drug-likeness (QED) is 0.758. The molecule has 4 heteroatoms. The Hall–Kier alpha value is -1.55. The second-order valence-electron chi connectivity index (χ2n) is 6.06. The minimum Gasteiger partial charge on any atom is -0.444 e. The van der Waals surface area contributed by atoms with E-state index in [0.29, 0.717) is 10.4 Å². The molecule has 0 radical (unpaired) electrons. The van der Waals surface area contributed by atoms with Gasteiger partial charge in [-0.2, -0.15) is 0 Å². The summed E-state index contributed by atoms with van der Waals surface area (Å²) in [7, 11) is 0. The Morgan fingerprint density at radius 2 is 1.95 bits per heavy atom. The monoisotopic (exact) mass is 361 g/mol. The maximum atomic E-state index is 12.8. The van der Waals surface area contributed by atoms with E-state index < -0.39 is 0 Å². The van der Waals surface area contributed by atoms with Crippen LogP contribution in [-0.2, 0) is 0 Å². The lowest BCUT2D eigenvalue weighted by Gasteiger charge is -2.25. The van der Waals surface area contributed by atoms with Gasteiger partial charge in [-0.25, -0.2) is 0 Å². The fraction of sp³-hybridized carbons (Fsp3) is 0.389. The molecule has 0 saturated carbocycles. The third-order valence-corrected chi connectivity index (χ3v) is 4.90. The number of likely N-dealkylation sites (tertiary alicyclic amines) is 1. The summed E-state index contributed by atoms with van der Waals surface area (Å²) in [6.07, 6.45) is 2.04. The number of aryl methyl sites for hydroxylation is 3. The zero-order valence-electron chi connectivity index (χ0n) is 13.1. The first-order valence-electron chi connectivity index (χ1n) is 7.61. The Morgan fingerprint density at radius 1 is 1.18 bits per heavy atom. The molecule has 3 rings (SSSR count). The summed E-state index contributed by atoms with van der Waals surface area (Å²) >= 11 is 3.30. The minimum atomic E-state index is -0.0103. The summed E-state index contributed by atoms with van der Waals surface area (Å²) in [4.78, 5) is 14.8. The van der Waals surface area contributed by atoms with Crippen LogP contribution in [0.2, 0.25) is 0 Å². The molecule has 1 aliphatic heterocycles. The van der Waals surface area contributed by atoms with Gasteiger partial charge < -0.3 is 9.32 Å². The summed E-state index contributed by atoms with van der Waals surface area (Å²) in [5.74, 6) is 0.437. The largest absolute Gasteiger partial charge is 0.444 e. The van der Waals surface area contributed by atoms with Gasteiger partial charge in [0.1, 0.15) is 0 Å². The van der Waals surface area contributed by atoms with Crippen LogP contribution in [0, 0.1) is 20.8 Å². The highest BCUT2D eigenvalue weighted by Gasteiger charge is 2.33. The maximum Gasteiger partial charge on any atom is 0.290 e. The molecule has 1 atom stereocenters. The number of furan rings is 1. The highest BCUT2D eigenvalue weighted by molar-refractivity contribution is 9.10. The van der Waals surface area contributed by atoms with Crippen LogP contribution in [0.5, 0.6) is 0 Å². The standard InChI is InChI=1S/C18H20BrNO2/c1-11-6-7-14(9-12(11)2)15-5-4-8-20(15)18(21)17-13(3)10-16(19)22-17/h6-7,9-10,15H,4-5,8H2,1-3H3. The molecule has 0 spiro atoms. The third-order valence-electron chi connectivity index (χ3n) is 4.51.